The summed E-state index contributed by atoms with van der Waals surface area (Å²) in [6.45, 7) is 5.81. The SMILES string of the molecule is C=CC(=O)Nc1cccc(C2=CC3=CN=CCC3=CN2Nc2ccc(NC3CCN(C)CC3)cc2)c1. The summed E-state index contributed by atoms with van der Waals surface area (Å²) in [4.78, 5) is 18.5. The highest BCUT2D eigenvalue weighted by atomic mass is 16.1. The molecule has 7 heteroatoms. The van der Waals surface area contributed by atoms with Crippen LogP contribution in [0.2, 0.25) is 0 Å². The largest absolute Gasteiger partial charge is 0.382 e. The van der Waals surface area contributed by atoms with Crippen molar-refractivity contribution in [3.8, 4) is 0 Å². The van der Waals surface area contributed by atoms with Crippen LogP contribution in [0.1, 0.15) is 24.8 Å². The maximum atomic E-state index is 11.8. The summed E-state index contributed by atoms with van der Waals surface area (Å²) in [5.74, 6) is -0.236. The third-order valence-corrected chi connectivity index (χ3v) is 6.67. The lowest BCUT2D eigenvalue weighted by molar-refractivity contribution is -0.111. The fourth-order valence-corrected chi connectivity index (χ4v) is 4.62. The molecule has 0 atom stereocenters. The minimum absolute atomic E-state index is 0.236. The Hall–Kier alpha value is -4.10. The number of amides is 1. The van der Waals surface area contributed by atoms with Gasteiger partial charge in [-0.1, -0.05) is 18.7 Å². The maximum Gasteiger partial charge on any atom is 0.247 e. The number of nitrogens with one attached hydrogen (secondary N) is 3. The fraction of sp³-hybridized carbons (Fsp3) is 0.241. The van der Waals surface area contributed by atoms with Crippen LogP contribution >= 0.6 is 0 Å². The molecule has 5 rings (SSSR count). The number of hydrogen-bond donors (Lipinski definition) is 3. The molecule has 3 aliphatic rings. The van der Waals surface area contributed by atoms with E-state index in [2.05, 4.69) is 76.1 Å². The molecule has 7 nitrogen and oxygen atoms in total. The van der Waals surface area contributed by atoms with Crippen molar-refractivity contribution in [3.63, 3.8) is 0 Å². The van der Waals surface area contributed by atoms with Crippen molar-refractivity contribution in [2.75, 3.05) is 36.2 Å². The summed E-state index contributed by atoms with van der Waals surface area (Å²) in [7, 11) is 2.18. The lowest BCUT2D eigenvalue weighted by atomic mass is 9.97. The van der Waals surface area contributed by atoms with Crippen molar-refractivity contribution < 1.29 is 4.79 Å². The number of likely N-dealkylation sites (tertiary alicyclic amines) is 1. The summed E-state index contributed by atoms with van der Waals surface area (Å²) in [5.41, 5.74) is 10.6. The second-order valence-corrected chi connectivity index (χ2v) is 9.36. The number of fused-ring (bicyclic) bond motifs is 1. The number of allylic oxidation sites excluding steroid dienone is 3. The van der Waals surface area contributed by atoms with Gasteiger partial charge >= 0.3 is 0 Å². The van der Waals surface area contributed by atoms with Gasteiger partial charge in [-0.05, 0) is 92.7 Å². The first-order valence-corrected chi connectivity index (χ1v) is 12.4. The summed E-state index contributed by atoms with van der Waals surface area (Å²) >= 11 is 0. The van der Waals surface area contributed by atoms with E-state index in [1.807, 2.05) is 41.7 Å². The number of anilines is 3. The van der Waals surface area contributed by atoms with Crippen molar-refractivity contribution in [1.29, 1.82) is 0 Å². The van der Waals surface area contributed by atoms with Gasteiger partial charge in [-0.2, -0.15) is 0 Å². The zero-order chi connectivity index (χ0) is 24.9. The van der Waals surface area contributed by atoms with Crippen LogP contribution in [0.15, 0.2) is 95.8 Å². The van der Waals surface area contributed by atoms with Crippen LogP contribution in [-0.2, 0) is 4.79 Å². The topological polar surface area (TPSA) is 72.0 Å². The number of piperidine rings is 1. The van der Waals surface area contributed by atoms with Crippen molar-refractivity contribution in [1.82, 2.24) is 9.91 Å². The lowest BCUT2D eigenvalue weighted by Gasteiger charge is -2.32. The third kappa shape index (κ3) is 5.58. The van der Waals surface area contributed by atoms with Crippen molar-refractivity contribution in [2.45, 2.75) is 25.3 Å². The molecule has 0 bridgehead atoms. The van der Waals surface area contributed by atoms with Gasteiger partial charge in [0.1, 0.15) is 0 Å². The number of hydrazine groups is 1. The first-order chi connectivity index (χ1) is 17.6. The number of carbonyl (C=O) groups excluding carboxylic acids is 1. The van der Waals surface area contributed by atoms with E-state index < -0.39 is 0 Å². The first-order valence-electron chi connectivity index (χ1n) is 12.4. The molecule has 0 saturated carbocycles. The molecular formula is C29H32N6O. The molecule has 184 valence electrons. The van der Waals surface area contributed by atoms with Gasteiger partial charge < -0.3 is 15.5 Å². The molecule has 0 radical (unpaired) electrons. The number of hydrogen-bond acceptors (Lipinski definition) is 6. The highest BCUT2D eigenvalue weighted by Crippen LogP contribution is 2.33. The second kappa shape index (κ2) is 10.7. The van der Waals surface area contributed by atoms with Crippen LogP contribution in [0.25, 0.3) is 5.70 Å². The second-order valence-electron chi connectivity index (χ2n) is 9.36. The first kappa shape index (κ1) is 23.6. The molecule has 1 saturated heterocycles. The van der Waals surface area contributed by atoms with Gasteiger partial charge in [0.25, 0.3) is 0 Å². The van der Waals surface area contributed by atoms with Gasteiger partial charge in [-0.15, -0.1) is 0 Å². The van der Waals surface area contributed by atoms with E-state index in [1.54, 1.807) is 0 Å². The predicted octanol–water partition coefficient (Wildman–Crippen LogP) is 5.24. The fourth-order valence-electron chi connectivity index (χ4n) is 4.62. The van der Waals surface area contributed by atoms with Crippen LogP contribution in [0.5, 0.6) is 0 Å². The quantitative estimate of drug-likeness (QED) is 0.473. The number of carbonyl (C=O) groups is 1. The third-order valence-electron chi connectivity index (χ3n) is 6.67. The molecule has 1 fully saturated rings. The standard InChI is InChI=1S/C29H32N6O/c1-3-29(36)32-27-6-4-5-21(17-27)28-18-23-19-30-14-11-22(23)20-35(28)33-26-9-7-24(8-10-26)31-25-12-15-34(2)16-13-25/h3-10,14,17-20,25,31,33H,1,11-13,15-16H2,2H3,(H,32,36). The Bertz CT molecular complexity index is 1250. The van der Waals surface area contributed by atoms with E-state index in [0.29, 0.717) is 11.7 Å². The van der Waals surface area contributed by atoms with Crippen molar-refractivity contribution in [2.24, 2.45) is 4.99 Å². The monoisotopic (exact) mass is 480 g/mol. The van der Waals surface area contributed by atoms with Gasteiger partial charge in [-0.3, -0.25) is 20.2 Å². The van der Waals surface area contributed by atoms with E-state index in [4.69, 9.17) is 0 Å². The Morgan fingerprint density at radius 1 is 1.08 bits per heavy atom. The molecule has 3 aliphatic heterocycles. The van der Waals surface area contributed by atoms with Crippen molar-refractivity contribution in [3.05, 3.63) is 96.4 Å². The molecule has 0 aliphatic carbocycles. The highest BCUT2D eigenvalue weighted by molar-refractivity contribution is 5.99. The Morgan fingerprint density at radius 3 is 2.64 bits per heavy atom. The van der Waals surface area contributed by atoms with Gasteiger partial charge in [-0.25, -0.2) is 0 Å². The zero-order valence-electron chi connectivity index (χ0n) is 20.6. The normalized spacial score (nSPS) is 17.9. The van der Waals surface area contributed by atoms with Crippen LogP contribution in [-0.4, -0.2) is 48.2 Å². The van der Waals surface area contributed by atoms with E-state index in [1.165, 1.54) is 11.6 Å². The lowest BCUT2D eigenvalue weighted by Crippen LogP contribution is -2.36. The molecular weight excluding hydrogens is 448 g/mol. The summed E-state index contributed by atoms with van der Waals surface area (Å²) in [6, 6.07) is 16.8. The molecule has 0 aromatic heterocycles. The van der Waals surface area contributed by atoms with Crippen molar-refractivity contribution >= 4 is 34.9 Å². The Balaban J connectivity index is 1.35. The smallest absolute Gasteiger partial charge is 0.247 e. The van der Waals surface area contributed by atoms with E-state index in [9.17, 15) is 4.79 Å². The molecule has 3 heterocycles. The summed E-state index contributed by atoms with van der Waals surface area (Å²) in [5, 5.41) is 8.56. The summed E-state index contributed by atoms with van der Waals surface area (Å²) < 4.78 is 0. The van der Waals surface area contributed by atoms with Gasteiger partial charge in [0.15, 0.2) is 0 Å². The average molecular weight is 481 g/mol. The van der Waals surface area contributed by atoms with Crippen LogP contribution < -0.4 is 16.1 Å². The predicted molar refractivity (Wildman–Crippen MR) is 149 cm³/mol. The number of aliphatic imine (C=N–C) groups is 1. The van der Waals surface area contributed by atoms with E-state index >= 15 is 0 Å². The van der Waals surface area contributed by atoms with E-state index in [0.717, 1.165) is 60.6 Å². The van der Waals surface area contributed by atoms with Gasteiger partial charge in [0.2, 0.25) is 5.91 Å². The highest BCUT2D eigenvalue weighted by Gasteiger charge is 2.21. The molecule has 2 aromatic rings. The van der Waals surface area contributed by atoms with E-state index in [-0.39, 0.29) is 5.91 Å². The molecule has 0 unspecified atom stereocenters. The van der Waals surface area contributed by atoms with Crippen LogP contribution in [0.4, 0.5) is 17.1 Å². The number of rotatable bonds is 7. The Morgan fingerprint density at radius 2 is 1.86 bits per heavy atom. The zero-order valence-corrected chi connectivity index (χ0v) is 20.6. The average Bonchev–Trinajstić information content (AvgIpc) is 2.91. The summed E-state index contributed by atoms with van der Waals surface area (Å²) in [6.07, 6.45) is 12.4. The van der Waals surface area contributed by atoms with Crippen LogP contribution in [0, 0.1) is 0 Å². The molecule has 36 heavy (non-hydrogen) atoms. The maximum absolute atomic E-state index is 11.8. The van der Waals surface area contributed by atoms with Gasteiger partial charge in [0, 0.05) is 48.0 Å². The number of nitrogens with zero attached hydrogens (tertiary/aromatic N) is 3. The van der Waals surface area contributed by atoms with Gasteiger partial charge in [0.05, 0.1) is 11.4 Å². The molecule has 3 N–H and O–H groups in total. The molecule has 2 aromatic carbocycles. The Kier molecular flexibility index (Phi) is 7.00. The molecule has 0 spiro atoms. The molecule has 1 amide bonds. The minimum atomic E-state index is -0.236. The van der Waals surface area contributed by atoms with Crippen LogP contribution in [0.3, 0.4) is 0 Å². The number of benzene rings is 2. The minimum Gasteiger partial charge on any atom is -0.382 e. The Labute approximate surface area is 212 Å².